The summed E-state index contributed by atoms with van der Waals surface area (Å²) < 4.78 is 38.4. The summed E-state index contributed by atoms with van der Waals surface area (Å²) in [6.45, 7) is 0. The lowest BCUT2D eigenvalue weighted by Crippen LogP contribution is -2.43. The molecular formula is C18H15ClF3NO. The zero-order chi connectivity index (χ0) is 17.8. The van der Waals surface area contributed by atoms with Gasteiger partial charge in [0.05, 0.1) is 7.11 Å². The van der Waals surface area contributed by atoms with Crippen LogP contribution in [-0.4, -0.2) is 25.4 Å². The number of hydrogen-bond donors (Lipinski definition) is 0. The molecule has 0 saturated heterocycles. The van der Waals surface area contributed by atoms with Crippen molar-refractivity contribution in [1.82, 2.24) is 5.06 Å². The lowest BCUT2D eigenvalue weighted by molar-refractivity contribution is -0.155. The lowest BCUT2D eigenvalue weighted by Gasteiger charge is -2.37. The molecule has 0 bridgehead atoms. The third-order valence-corrected chi connectivity index (χ3v) is 3.84. The molecule has 1 unspecified atom stereocenters. The normalized spacial score (nSPS) is 14.0. The van der Waals surface area contributed by atoms with Gasteiger partial charge >= 0.3 is 6.18 Å². The average molecular weight is 354 g/mol. The molecule has 2 aromatic rings. The fourth-order valence-electron chi connectivity index (χ4n) is 2.42. The van der Waals surface area contributed by atoms with Crippen LogP contribution in [0.2, 0.25) is 5.02 Å². The minimum Gasteiger partial charge on any atom is -0.300 e. The van der Waals surface area contributed by atoms with Crippen molar-refractivity contribution in [2.24, 2.45) is 0 Å². The van der Waals surface area contributed by atoms with Crippen LogP contribution in [0, 0.1) is 11.8 Å². The van der Waals surface area contributed by atoms with Crippen LogP contribution in [-0.2, 0) is 10.4 Å². The molecule has 0 amide bonds. The second-order valence-corrected chi connectivity index (χ2v) is 5.45. The van der Waals surface area contributed by atoms with E-state index < -0.39 is 11.7 Å². The van der Waals surface area contributed by atoms with E-state index in [2.05, 4.69) is 5.92 Å². The predicted molar refractivity (Wildman–Crippen MR) is 87.3 cm³/mol. The zero-order valence-electron chi connectivity index (χ0n) is 13.1. The highest BCUT2D eigenvalue weighted by atomic mass is 35.5. The largest absolute Gasteiger partial charge is 0.457 e. The fourth-order valence-corrected chi connectivity index (χ4v) is 2.55. The molecule has 0 spiro atoms. The number of benzene rings is 2. The number of halogens is 4. The summed E-state index contributed by atoms with van der Waals surface area (Å²) in [6.07, 6.45) is -4.62. The van der Waals surface area contributed by atoms with Gasteiger partial charge in [-0.25, -0.2) is 0 Å². The number of alkyl halides is 3. The summed E-state index contributed by atoms with van der Waals surface area (Å²) in [5, 5.41) is 1.77. The molecule has 0 radical (unpaired) electrons. The van der Waals surface area contributed by atoms with Gasteiger partial charge in [-0.05, 0) is 23.3 Å². The van der Waals surface area contributed by atoms with Crippen LogP contribution in [0.15, 0.2) is 54.6 Å². The molecule has 2 rings (SSSR count). The van der Waals surface area contributed by atoms with Crippen LogP contribution in [0.1, 0.15) is 11.1 Å². The van der Waals surface area contributed by atoms with Crippen molar-refractivity contribution in [3.8, 4) is 11.8 Å². The summed E-state index contributed by atoms with van der Waals surface area (Å²) in [4.78, 5) is 5.25. The predicted octanol–water partition coefficient (Wildman–Crippen LogP) is 4.64. The number of nitrogens with zero attached hydrogens (tertiary/aromatic N) is 1. The van der Waals surface area contributed by atoms with Crippen LogP contribution in [0.5, 0.6) is 0 Å². The van der Waals surface area contributed by atoms with E-state index >= 15 is 0 Å². The summed E-state index contributed by atoms with van der Waals surface area (Å²) >= 11 is 5.91. The minimum absolute atomic E-state index is 0.476. The molecule has 0 aliphatic rings. The highest BCUT2D eigenvalue weighted by Gasteiger charge is 2.39. The van der Waals surface area contributed by atoms with E-state index in [-0.39, 0.29) is 0 Å². The van der Waals surface area contributed by atoms with E-state index in [0.29, 0.717) is 16.1 Å². The van der Waals surface area contributed by atoms with E-state index in [4.69, 9.17) is 16.4 Å². The molecule has 0 saturated carbocycles. The molecule has 2 aromatic carbocycles. The Morgan fingerprint density at radius 1 is 0.917 bits per heavy atom. The van der Waals surface area contributed by atoms with E-state index in [1.165, 1.54) is 25.1 Å². The first kappa shape index (κ1) is 18.3. The Morgan fingerprint density at radius 3 is 1.96 bits per heavy atom. The van der Waals surface area contributed by atoms with Gasteiger partial charge in [-0.2, -0.15) is 18.2 Å². The van der Waals surface area contributed by atoms with Gasteiger partial charge in [0.15, 0.2) is 5.54 Å². The van der Waals surface area contributed by atoms with Gasteiger partial charge in [-0.1, -0.05) is 60.0 Å². The highest BCUT2D eigenvalue weighted by Crippen LogP contribution is 2.36. The summed E-state index contributed by atoms with van der Waals surface area (Å²) in [5.41, 5.74) is -0.372. The van der Waals surface area contributed by atoms with Crippen molar-refractivity contribution in [3.05, 3.63) is 70.7 Å². The maximum atomic E-state index is 12.8. The van der Waals surface area contributed by atoms with Crippen molar-refractivity contribution >= 4 is 11.6 Å². The Morgan fingerprint density at radius 2 is 1.46 bits per heavy atom. The third kappa shape index (κ3) is 3.90. The summed E-state index contributed by atoms with van der Waals surface area (Å²) in [7, 11) is 2.91. The monoisotopic (exact) mass is 353 g/mol. The van der Waals surface area contributed by atoms with Crippen LogP contribution >= 0.6 is 11.6 Å². The molecule has 0 N–H and O–H groups in total. The van der Waals surface area contributed by atoms with Gasteiger partial charge in [0.1, 0.15) is 0 Å². The Hall–Kier alpha value is -2.00. The molecule has 126 valence electrons. The molecule has 0 heterocycles. The maximum Gasteiger partial charge on any atom is 0.457 e. The van der Waals surface area contributed by atoms with Crippen molar-refractivity contribution in [1.29, 1.82) is 0 Å². The Bertz CT molecular complexity index is 735. The highest BCUT2D eigenvalue weighted by molar-refractivity contribution is 6.30. The minimum atomic E-state index is -4.62. The number of rotatable bonds is 4. The third-order valence-electron chi connectivity index (χ3n) is 3.58. The fraction of sp³-hybridized carbons (Fsp3) is 0.222. The Kier molecular flexibility index (Phi) is 5.55. The number of hydroxylamine groups is 2. The Labute approximate surface area is 143 Å². The van der Waals surface area contributed by atoms with E-state index in [1.807, 2.05) is 0 Å². The molecular weight excluding hydrogens is 339 g/mol. The first-order valence-electron chi connectivity index (χ1n) is 7.00. The van der Waals surface area contributed by atoms with Crippen molar-refractivity contribution in [2.45, 2.75) is 11.7 Å². The second kappa shape index (κ2) is 7.27. The SMILES string of the molecule is CON(C)C(C#CC(F)(F)F)(c1ccccc1)c1ccc(Cl)cc1. The van der Waals surface area contributed by atoms with Crippen LogP contribution in [0.4, 0.5) is 13.2 Å². The molecule has 0 aliphatic carbocycles. The van der Waals surface area contributed by atoms with Gasteiger partial charge < -0.3 is 4.84 Å². The van der Waals surface area contributed by atoms with E-state index in [9.17, 15) is 13.2 Å². The molecule has 0 aliphatic heterocycles. The van der Waals surface area contributed by atoms with Gasteiger partial charge in [-0.3, -0.25) is 0 Å². The smallest absolute Gasteiger partial charge is 0.300 e. The van der Waals surface area contributed by atoms with E-state index in [0.717, 1.165) is 0 Å². The molecule has 0 fully saturated rings. The number of hydrogen-bond acceptors (Lipinski definition) is 2. The van der Waals surface area contributed by atoms with Crippen molar-refractivity contribution in [3.63, 3.8) is 0 Å². The summed E-state index contributed by atoms with van der Waals surface area (Å²) in [6, 6.07) is 15.1. The van der Waals surface area contributed by atoms with Gasteiger partial charge in [-0.15, -0.1) is 0 Å². The van der Waals surface area contributed by atoms with Crippen molar-refractivity contribution in [2.75, 3.05) is 14.2 Å². The lowest BCUT2D eigenvalue weighted by atomic mass is 9.83. The summed E-state index contributed by atoms with van der Waals surface area (Å²) in [5.74, 6) is 3.74. The second-order valence-electron chi connectivity index (χ2n) is 5.01. The van der Waals surface area contributed by atoms with E-state index in [1.54, 1.807) is 54.6 Å². The first-order valence-corrected chi connectivity index (χ1v) is 7.38. The molecule has 1 atom stereocenters. The van der Waals surface area contributed by atoms with Gasteiger partial charge in [0.25, 0.3) is 0 Å². The Balaban J connectivity index is 2.77. The maximum absolute atomic E-state index is 12.8. The molecule has 24 heavy (non-hydrogen) atoms. The molecule has 6 heteroatoms. The topological polar surface area (TPSA) is 12.5 Å². The van der Waals surface area contributed by atoms with Crippen molar-refractivity contribution < 1.29 is 18.0 Å². The van der Waals surface area contributed by atoms with Crippen LogP contribution < -0.4 is 0 Å². The average Bonchev–Trinajstić information content (AvgIpc) is 2.56. The first-order chi connectivity index (χ1) is 11.3. The van der Waals surface area contributed by atoms with Crippen LogP contribution in [0.3, 0.4) is 0 Å². The van der Waals surface area contributed by atoms with Gasteiger partial charge in [0.2, 0.25) is 0 Å². The quantitative estimate of drug-likeness (QED) is 0.586. The molecule has 2 nitrogen and oxygen atoms in total. The van der Waals surface area contributed by atoms with Crippen LogP contribution in [0.25, 0.3) is 0 Å². The van der Waals surface area contributed by atoms with Gasteiger partial charge in [0, 0.05) is 18.0 Å². The zero-order valence-corrected chi connectivity index (χ0v) is 13.8. The molecule has 0 aromatic heterocycles. The standard InChI is InChI=1S/C18H15ClF3NO/c1-23(24-2)17(12-13-18(20,21)22,14-6-4-3-5-7-14)15-8-10-16(19)11-9-15/h3-11H,1-2H3.